The van der Waals surface area contributed by atoms with E-state index in [9.17, 15) is 4.79 Å². The van der Waals surface area contributed by atoms with Crippen LogP contribution >= 0.6 is 15.9 Å². The van der Waals surface area contributed by atoms with E-state index in [0.29, 0.717) is 5.41 Å². The Bertz CT molecular complexity index is 489. The molecular formula is C15H18BrNO. The van der Waals surface area contributed by atoms with Crippen LogP contribution in [0.15, 0.2) is 22.7 Å². The van der Waals surface area contributed by atoms with Gasteiger partial charge in [0.25, 0.3) is 5.91 Å². The van der Waals surface area contributed by atoms with E-state index >= 15 is 0 Å². The smallest absolute Gasteiger partial charge is 0.252 e. The summed E-state index contributed by atoms with van der Waals surface area (Å²) in [6, 6.07) is 5.86. The molecule has 0 heterocycles. The third-order valence-electron chi connectivity index (χ3n) is 4.31. The van der Waals surface area contributed by atoms with Crippen molar-refractivity contribution in [2.45, 2.75) is 32.6 Å². The lowest BCUT2D eigenvalue weighted by molar-refractivity contribution is 0.0942. The van der Waals surface area contributed by atoms with E-state index < -0.39 is 0 Å². The van der Waals surface area contributed by atoms with Crippen molar-refractivity contribution in [3.63, 3.8) is 0 Å². The Labute approximate surface area is 116 Å². The number of halogens is 1. The highest BCUT2D eigenvalue weighted by molar-refractivity contribution is 9.10. The predicted molar refractivity (Wildman–Crippen MR) is 75.6 cm³/mol. The van der Waals surface area contributed by atoms with Crippen molar-refractivity contribution in [3.8, 4) is 0 Å². The summed E-state index contributed by atoms with van der Waals surface area (Å²) < 4.78 is 0.885. The summed E-state index contributed by atoms with van der Waals surface area (Å²) in [5, 5.41) is 3.11. The van der Waals surface area contributed by atoms with Crippen molar-refractivity contribution in [2.75, 3.05) is 6.54 Å². The van der Waals surface area contributed by atoms with Crippen LogP contribution in [0.5, 0.6) is 0 Å². The summed E-state index contributed by atoms with van der Waals surface area (Å²) >= 11 is 3.46. The highest BCUT2D eigenvalue weighted by Crippen LogP contribution is 2.60. The lowest BCUT2D eigenvalue weighted by Crippen LogP contribution is -2.31. The predicted octanol–water partition coefficient (Wildman–Crippen LogP) is 3.68. The monoisotopic (exact) mass is 307 g/mol. The topological polar surface area (TPSA) is 29.1 Å². The van der Waals surface area contributed by atoms with Crippen LogP contribution < -0.4 is 5.32 Å². The third-order valence-corrected chi connectivity index (χ3v) is 4.96. The van der Waals surface area contributed by atoms with Gasteiger partial charge in [-0.1, -0.05) is 6.07 Å². The molecule has 0 saturated heterocycles. The molecule has 0 aromatic heterocycles. The molecule has 2 fully saturated rings. The zero-order chi connectivity index (χ0) is 12.8. The SMILES string of the molecule is Cc1ccc(C(=O)NCC2(C3CC3)CC2)c(Br)c1. The molecule has 0 bridgehead atoms. The summed E-state index contributed by atoms with van der Waals surface area (Å²) in [6.45, 7) is 2.88. The molecule has 96 valence electrons. The van der Waals surface area contributed by atoms with E-state index in [1.54, 1.807) is 0 Å². The van der Waals surface area contributed by atoms with Gasteiger partial charge < -0.3 is 5.32 Å². The lowest BCUT2D eigenvalue weighted by atomic mass is 10.0. The van der Waals surface area contributed by atoms with Crippen molar-refractivity contribution < 1.29 is 4.79 Å². The summed E-state index contributed by atoms with van der Waals surface area (Å²) in [7, 11) is 0. The van der Waals surface area contributed by atoms with Crippen LogP contribution in [-0.4, -0.2) is 12.5 Å². The highest BCUT2D eigenvalue weighted by Gasteiger charge is 2.53. The second-order valence-corrected chi connectivity index (χ2v) is 6.66. The normalized spacial score (nSPS) is 20.6. The van der Waals surface area contributed by atoms with Gasteiger partial charge in [-0.15, -0.1) is 0 Å². The third kappa shape index (κ3) is 2.33. The minimum atomic E-state index is 0.0498. The van der Waals surface area contributed by atoms with Crippen LogP contribution in [0.1, 0.15) is 41.6 Å². The van der Waals surface area contributed by atoms with Crippen LogP contribution in [0, 0.1) is 18.3 Å². The molecule has 1 aromatic rings. The molecule has 1 aromatic carbocycles. The van der Waals surface area contributed by atoms with Crippen LogP contribution in [0.25, 0.3) is 0 Å². The van der Waals surface area contributed by atoms with Crippen LogP contribution in [0.2, 0.25) is 0 Å². The molecule has 2 aliphatic carbocycles. The Kier molecular flexibility index (Phi) is 2.97. The number of hydrogen-bond acceptors (Lipinski definition) is 1. The molecule has 2 saturated carbocycles. The molecule has 0 atom stereocenters. The number of carbonyl (C=O) groups is 1. The first-order valence-corrected chi connectivity index (χ1v) is 7.44. The van der Waals surface area contributed by atoms with Crippen LogP contribution in [0.3, 0.4) is 0 Å². The number of hydrogen-bond donors (Lipinski definition) is 1. The van der Waals surface area contributed by atoms with Gasteiger partial charge in [0.2, 0.25) is 0 Å². The molecule has 18 heavy (non-hydrogen) atoms. The largest absolute Gasteiger partial charge is 0.351 e. The summed E-state index contributed by atoms with van der Waals surface area (Å²) in [6.07, 6.45) is 5.33. The molecular weight excluding hydrogens is 290 g/mol. The van der Waals surface area contributed by atoms with Gasteiger partial charge in [0.1, 0.15) is 0 Å². The van der Waals surface area contributed by atoms with Gasteiger partial charge in [-0.05, 0) is 77.6 Å². The van der Waals surface area contributed by atoms with Gasteiger partial charge in [0.05, 0.1) is 5.56 Å². The van der Waals surface area contributed by atoms with Crippen LogP contribution in [0.4, 0.5) is 0 Å². The van der Waals surface area contributed by atoms with Crippen LogP contribution in [-0.2, 0) is 0 Å². The fourth-order valence-corrected chi connectivity index (χ4v) is 3.41. The average Bonchev–Trinajstić information content (AvgIpc) is 3.17. The quantitative estimate of drug-likeness (QED) is 0.903. The standard InChI is InChI=1S/C15H18BrNO/c1-10-2-5-12(13(16)8-10)14(18)17-9-15(6-7-15)11-3-4-11/h2,5,8,11H,3-4,6-7,9H2,1H3,(H,17,18). The van der Waals surface area contributed by atoms with Crippen molar-refractivity contribution in [2.24, 2.45) is 11.3 Å². The fourth-order valence-electron chi connectivity index (χ4n) is 2.74. The highest BCUT2D eigenvalue weighted by atomic mass is 79.9. The molecule has 2 aliphatic rings. The molecule has 0 spiro atoms. The first-order chi connectivity index (χ1) is 8.61. The first kappa shape index (κ1) is 12.2. The van der Waals surface area contributed by atoms with Gasteiger partial charge in [-0.2, -0.15) is 0 Å². The van der Waals surface area contributed by atoms with Gasteiger partial charge in [-0.3, -0.25) is 4.79 Å². The number of benzene rings is 1. The average molecular weight is 308 g/mol. The van der Waals surface area contributed by atoms with E-state index in [4.69, 9.17) is 0 Å². The summed E-state index contributed by atoms with van der Waals surface area (Å²) in [5.41, 5.74) is 2.37. The number of nitrogens with one attached hydrogen (secondary N) is 1. The Balaban J connectivity index is 1.64. The Morgan fingerprint density at radius 3 is 2.72 bits per heavy atom. The maximum absolute atomic E-state index is 12.2. The van der Waals surface area contributed by atoms with Gasteiger partial charge in [-0.25, -0.2) is 0 Å². The van der Waals surface area contributed by atoms with E-state index in [1.807, 2.05) is 25.1 Å². The van der Waals surface area contributed by atoms with Gasteiger partial charge in [0, 0.05) is 11.0 Å². The zero-order valence-electron chi connectivity index (χ0n) is 10.6. The lowest BCUT2D eigenvalue weighted by Gasteiger charge is -2.15. The van der Waals surface area contributed by atoms with E-state index in [1.165, 1.54) is 25.7 Å². The zero-order valence-corrected chi connectivity index (χ0v) is 12.2. The summed E-state index contributed by atoms with van der Waals surface area (Å²) in [5.74, 6) is 0.938. The van der Waals surface area contributed by atoms with E-state index in [-0.39, 0.29) is 5.91 Å². The van der Waals surface area contributed by atoms with Crippen molar-refractivity contribution in [1.82, 2.24) is 5.32 Å². The van der Waals surface area contributed by atoms with Gasteiger partial charge >= 0.3 is 0 Å². The molecule has 0 radical (unpaired) electrons. The summed E-state index contributed by atoms with van der Waals surface area (Å²) in [4.78, 5) is 12.2. The van der Waals surface area contributed by atoms with Crippen molar-refractivity contribution in [1.29, 1.82) is 0 Å². The minimum absolute atomic E-state index is 0.0498. The fraction of sp³-hybridized carbons (Fsp3) is 0.533. The van der Waals surface area contributed by atoms with Gasteiger partial charge in [0.15, 0.2) is 0 Å². The van der Waals surface area contributed by atoms with Crippen molar-refractivity contribution in [3.05, 3.63) is 33.8 Å². The molecule has 1 N–H and O–H groups in total. The molecule has 2 nitrogen and oxygen atoms in total. The maximum atomic E-state index is 12.2. The maximum Gasteiger partial charge on any atom is 0.252 e. The Morgan fingerprint density at radius 1 is 1.44 bits per heavy atom. The molecule has 0 unspecified atom stereocenters. The van der Waals surface area contributed by atoms with E-state index in [2.05, 4.69) is 21.2 Å². The van der Waals surface area contributed by atoms with Crippen molar-refractivity contribution >= 4 is 21.8 Å². The van der Waals surface area contributed by atoms with E-state index in [0.717, 1.165) is 28.1 Å². The molecule has 0 aliphatic heterocycles. The number of aryl methyl sites for hydroxylation is 1. The molecule has 3 rings (SSSR count). The number of rotatable bonds is 4. The second-order valence-electron chi connectivity index (χ2n) is 5.80. The molecule has 3 heteroatoms. The first-order valence-electron chi connectivity index (χ1n) is 6.65. The minimum Gasteiger partial charge on any atom is -0.351 e. The Morgan fingerprint density at radius 2 is 2.17 bits per heavy atom. The second kappa shape index (κ2) is 4.37. The number of amides is 1. The molecule has 1 amide bonds. The Hall–Kier alpha value is -0.830. The number of carbonyl (C=O) groups excluding carboxylic acids is 1.